The van der Waals surface area contributed by atoms with Gasteiger partial charge < -0.3 is 9.47 Å². The Hall–Kier alpha value is -1.94. The maximum absolute atomic E-state index is 9.28. The maximum atomic E-state index is 9.28. The lowest BCUT2D eigenvalue weighted by molar-refractivity contribution is 0.481. The lowest BCUT2D eigenvalue weighted by Gasteiger charge is -2.32. The van der Waals surface area contributed by atoms with Gasteiger partial charge in [0.05, 0.1) is 5.69 Å². The van der Waals surface area contributed by atoms with E-state index in [0.29, 0.717) is 11.5 Å². The molecule has 0 unspecified atom stereocenters. The standard InChI is InChI=1S/C13H16N6S/c1-9-11(6-14)13(20-17-9)19-5-3-4-10(7-19)12-16-15-8-18(12)2/h8,10H,3-5,7H2,1-2H3/t10-/m1/s1. The van der Waals surface area contributed by atoms with Crippen LogP contribution in [0.3, 0.4) is 0 Å². The van der Waals surface area contributed by atoms with Gasteiger partial charge in [-0.05, 0) is 31.3 Å². The summed E-state index contributed by atoms with van der Waals surface area (Å²) in [5, 5.41) is 18.5. The van der Waals surface area contributed by atoms with E-state index in [1.54, 1.807) is 6.33 Å². The van der Waals surface area contributed by atoms with Crippen LogP contribution in [0.5, 0.6) is 0 Å². The van der Waals surface area contributed by atoms with Crippen molar-refractivity contribution in [2.24, 2.45) is 7.05 Å². The van der Waals surface area contributed by atoms with Gasteiger partial charge in [0.2, 0.25) is 0 Å². The topological polar surface area (TPSA) is 70.6 Å². The molecule has 1 fully saturated rings. The summed E-state index contributed by atoms with van der Waals surface area (Å²) < 4.78 is 6.30. The quantitative estimate of drug-likeness (QED) is 0.843. The summed E-state index contributed by atoms with van der Waals surface area (Å²) in [6.07, 6.45) is 3.95. The van der Waals surface area contributed by atoms with Gasteiger partial charge in [-0.15, -0.1) is 10.2 Å². The number of rotatable bonds is 2. The number of aryl methyl sites for hydroxylation is 2. The minimum Gasteiger partial charge on any atom is -0.360 e. The third kappa shape index (κ3) is 2.16. The monoisotopic (exact) mass is 288 g/mol. The van der Waals surface area contributed by atoms with Crippen molar-refractivity contribution in [3.8, 4) is 6.07 Å². The smallest absolute Gasteiger partial charge is 0.137 e. The SMILES string of the molecule is Cc1nsc(N2CCC[C@@H](c3nncn3C)C2)c1C#N. The van der Waals surface area contributed by atoms with Crippen LogP contribution in [0.2, 0.25) is 0 Å². The highest BCUT2D eigenvalue weighted by Gasteiger charge is 2.27. The van der Waals surface area contributed by atoms with Crippen LogP contribution in [0.1, 0.15) is 35.8 Å². The molecule has 1 aliphatic rings. The highest BCUT2D eigenvalue weighted by Crippen LogP contribution is 2.34. The fourth-order valence-corrected chi connectivity index (χ4v) is 3.62. The van der Waals surface area contributed by atoms with E-state index in [-0.39, 0.29) is 0 Å². The summed E-state index contributed by atoms with van der Waals surface area (Å²) >= 11 is 1.42. The molecule has 6 nitrogen and oxygen atoms in total. The Balaban J connectivity index is 1.86. The molecular formula is C13H16N6S. The van der Waals surface area contributed by atoms with Crippen LogP contribution in [0.4, 0.5) is 5.00 Å². The number of hydrogen-bond acceptors (Lipinski definition) is 6. The lowest BCUT2D eigenvalue weighted by Crippen LogP contribution is -2.35. The molecular weight excluding hydrogens is 272 g/mol. The highest BCUT2D eigenvalue weighted by molar-refractivity contribution is 7.10. The van der Waals surface area contributed by atoms with Crippen LogP contribution in [0.25, 0.3) is 0 Å². The van der Waals surface area contributed by atoms with E-state index >= 15 is 0 Å². The van der Waals surface area contributed by atoms with Crippen molar-refractivity contribution in [2.45, 2.75) is 25.7 Å². The van der Waals surface area contributed by atoms with Crippen molar-refractivity contribution >= 4 is 16.5 Å². The van der Waals surface area contributed by atoms with Crippen LogP contribution >= 0.6 is 11.5 Å². The van der Waals surface area contributed by atoms with Gasteiger partial charge in [-0.2, -0.15) is 9.64 Å². The van der Waals surface area contributed by atoms with Crippen molar-refractivity contribution < 1.29 is 0 Å². The van der Waals surface area contributed by atoms with E-state index in [0.717, 1.165) is 42.5 Å². The van der Waals surface area contributed by atoms with Gasteiger partial charge in [0, 0.05) is 26.1 Å². The van der Waals surface area contributed by atoms with Crippen LogP contribution in [-0.2, 0) is 7.05 Å². The largest absolute Gasteiger partial charge is 0.360 e. The van der Waals surface area contributed by atoms with Gasteiger partial charge in [-0.25, -0.2) is 0 Å². The van der Waals surface area contributed by atoms with E-state index in [9.17, 15) is 5.26 Å². The Morgan fingerprint density at radius 1 is 1.50 bits per heavy atom. The van der Waals surface area contributed by atoms with Crippen molar-refractivity contribution in [2.75, 3.05) is 18.0 Å². The molecule has 0 aromatic carbocycles. The zero-order valence-electron chi connectivity index (χ0n) is 11.6. The molecule has 0 N–H and O–H groups in total. The fourth-order valence-electron chi connectivity index (χ4n) is 2.74. The molecule has 0 bridgehead atoms. The molecule has 0 saturated carbocycles. The predicted octanol–water partition coefficient (Wildman–Crippen LogP) is 1.84. The molecule has 1 aliphatic heterocycles. The van der Waals surface area contributed by atoms with E-state index in [1.165, 1.54) is 11.5 Å². The normalized spacial score (nSPS) is 19.1. The first-order valence-corrected chi connectivity index (χ1v) is 7.43. The Morgan fingerprint density at radius 3 is 3.05 bits per heavy atom. The summed E-state index contributed by atoms with van der Waals surface area (Å²) in [6, 6.07) is 2.28. The zero-order valence-corrected chi connectivity index (χ0v) is 12.4. The minimum absolute atomic E-state index is 0.366. The van der Waals surface area contributed by atoms with Gasteiger partial charge in [0.25, 0.3) is 0 Å². The van der Waals surface area contributed by atoms with Crippen LogP contribution in [-0.4, -0.2) is 32.2 Å². The van der Waals surface area contributed by atoms with Crippen LogP contribution in [0.15, 0.2) is 6.33 Å². The summed E-state index contributed by atoms with van der Waals surface area (Å²) in [5.74, 6) is 1.39. The number of aromatic nitrogens is 4. The summed E-state index contributed by atoms with van der Waals surface area (Å²) in [5.41, 5.74) is 1.54. The lowest BCUT2D eigenvalue weighted by atomic mass is 9.97. The van der Waals surface area contributed by atoms with Crippen molar-refractivity contribution in [3.63, 3.8) is 0 Å². The van der Waals surface area contributed by atoms with Gasteiger partial charge in [0.1, 0.15) is 28.8 Å². The van der Waals surface area contributed by atoms with Gasteiger partial charge in [-0.3, -0.25) is 0 Å². The van der Waals surface area contributed by atoms with Crippen molar-refractivity contribution in [1.29, 1.82) is 5.26 Å². The Bertz CT molecular complexity index is 652. The molecule has 104 valence electrons. The molecule has 0 radical (unpaired) electrons. The zero-order chi connectivity index (χ0) is 14.1. The molecule has 3 heterocycles. The fraction of sp³-hybridized carbons (Fsp3) is 0.538. The first-order chi connectivity index (χ1) is 9.70. The number of hydrogen-bond donors (Lipinski definition) is 0. The Kier molecular flexibility index (Phi) is 3.40. The molecule has 2 aromatic heterocycles. The maximum Gasteiger partial charge on any atom is 0.137 e. The second-order valence-corrected chi connectivity index (χ2v) is 5.90. The molecule has 3 rings (SSSR count). The van der Waals surface area contributed by atoms with E-state index < -0.39 is 0 Å². The average molecular weight is 288 g/mol. The van der Waals surface area contributed by atoms with Gasteiger partial charge in [-0.1, -0.05) is 0 Å². The third-order valence-corrected chi connectivity index (χ3v) is 4.78. The third-order valence-electron chi connectivity index (χ3n) is 3.78. The number of nitrogens with zero attached hydrogens (tertiary/aromatic N) is 6. The Labute approximate surface area is 121 Å². The van der Waals surface area contributed by atoms with E-state index in [1.807, 2.05) is 18.5 Å². The number of anilines is 1. The summed E-state index contributed by atoms with van der Waals surface area (Å²) in [6.45, 7) is 3.75. The van der Waals surface area contributed by atoms with Crippen LogP contribution in [0, 0.1) is 18.3 Å². The molecule has 2 aromatic rings. The van der Waals surface area contributed by atoms with Crippen LogP contribution < -0.4 is 4.90 Å². The number of nitriles is 1. The molecule has 0 aliphatic carbocycles. The Morgan fingerprint density at radius 2 is 2.35 bits per heavy atom. The second-order valence-electron chi connectivity index (χ2n) is 5.15. The van der Waals surface area contributed by atoms with E-state index in [2.05, 4.69) is 25.5 Å². The average Bonchev–Trinajstić information content (AvgIpc) is 3.04. The minimum atomic E-state index is 0.366. The molecule has 0 spiro atoms. The first-order valence-electron chi connectivity index (χ1n) is 6.66. The van der Waals surface area contributed by atoms with Gasteiger partial charge >= 0.3 is 0 Å². The van der Waals surface area contributed by atoms with Crippen molar-refractivity contribution in [1.82, 2.24) is 19.1 Å². The molecule has 20 heavy (non-hydrogen) atoms. The van der Waals surface area contributed by atoms with Crippen molar-refractivity contribution in [3.05, 3.63) is 23.4 Å². The molecule has 1 saturated heterocycles. The summed E-state index contributed by atoms with van der Waals surface area (Å²) in [4.78, 5) is 2.27. The number of piperidine rings is 1. The first kappa shape index (κ1) is 13.1. The predicted molar refractivity (Wildman–Crippen MR) is 76.8 cm³/mol. The van der Waals surface area contributed by atoms with E-state index in [4.69, 9.17) is 0 Å². The highest BCUT2D eigenvalue weighted by atomic mass is 32.1. The molecule has 1 atom stereocenters. The molecule has 7 heteroatoms. The second kappa shape index (κ2) is 5.21. The van der Waals surface area contributed by atoms with Gasteiger partial charge in [0.15, 0.2) is 0 Å². The molecule has 0 amide bonds. The summed E-state index contributed by atoms with van der Waals surface area (Å²) in [7, 11) is 1.98.